The standard InChI is InChI=1S/C12H9FN2O3/c1-7-10(12(17)18)11(16)15(6-14-7)9-5-3-2-4-8(9)13/h2-6H,1H3,(H,17,18). The van der Waals surface area contributed by atoms with Gasteiger partial charge in [0.1, 0.15) is 17.7 Å². The van der Waals surface area contributed by atoms with Crippen LogP contribution in [-0.4, -0.2) is 20.6 Å². The van der Waals surface area contributed by atoms with Gasteiger partial charge in [-0.1, -0.05) is 12.1 Å². The van der Waals surface area contributed by atoms with Gasteiger partial charge in [0.25, 0.3) is 5.56 Å². The molecule has 18 heavy (non-hydrogen) atoms. The second-order valence-corrected chi connectivity index (χ2v) is 3.64. The van der Waals surface area contributed by atoms with Crippen LogP contribution in [0.4, 0.5) is 4.39 Å². The molecule has 92 valence electrons. The Morgan fingerprint density at radius 3 is 2.67 bits per heavy atom. The second-order valence-electron chi connectivity index (χ2n) is 3.64. The number of aromatic nitrogens is 2. The van der Waals surface area contributed by atoms with Crippen molar-refractivity contribution < 1.29 is 14.3 Å². The quantitative estimate of drug-likeness (QED) is 0.871. The Balaban J connectivity index is 2.76. The number of nitrogens with zero attached hydrogens (tertiary/aromatic N) is 2. The maximum Gasteiger partial charge on any atom is 0.343 e. The summed E-state index contributed by atoms with van der Waals surface area (Å²) in [7, 11) is 0. The highest BCUT2D eigenvalue weighted by Gasteiger charge is 2.17. The number of para-hydroxylation sites is 1. The molecular weight excluding hydrogens is 239 g/mol. The smallest absolute Gasteiger partial charge is 0.343 e. The minimum atomic E-state index is -1.38. The van der Waals surface area contributed by atoms with Crippen LogP contribution in [-0.2, 0) is 0 Å². The summed E-state index contributed by atoms with van der Waals surface area (Å²) in [5, 5.41) is 8.94. The van der Waals surface area contributed by atoms with Gasteiger partial charge in [-0.25, -0.2) is 14.2 Å². The molecule has 1 aromatic carbocycles. The normalized spacial score (nSPS) is 10.3. The monoisotopic (exact) mass is 248 g/mol. The molecule has 0 atom stereocenters. The van der Waals surface area contributed by atoms with Crippen LogP contribution < -0.4 is 5.56 Å². The molecule has 0 aliphatic rings. The number of hydrogen-bond acceptors (Lipinski definition) is 3. The van der Waals surface area contributed by atoms with Gasteiger partial charge >= 0.3 is 5.97 Å². The van der Waals surface area contributed by atoms with Crippen LogP contribution in [0.5, 0.6) is 0 Å². The first-order valence-electron chi connectivity index (χ1n) is 5.09. The zero-order chi connectivity index (χ0) is 13.3. The van der Waals surface area contributed by atoms with E-state index in [4.69, 9.17) is 5.11 Å². The molecule has 0 bridgehead atoms. The lowest BCUT2D eigenvalue weighted by atomic mass is 10.2. The molecule has 1 N–H and O–H groups in total. The highest BCUT2D eigenvalue weighted by molar-refractivity contribution is 5.88. The lowest BCUT2D eigenvalue weighted by molar-refractivity contribution is 0.0693. The minimum Gasteiger partial charge on any atom is -0.477 e. The molecule has 1 aromatic heterocycles. The van der Waals surface area contributed by atoms with E-state index in [0.717, 1.165) is 10.9 Å². The number of hydrogen-bond donors (Lipinski definition) is 1. The van der Waals surface area contributed by atoms with Crippen molar-refractivity contribution >= 4 is 5.97 Å². The fraction of sp³-hybridized carbons (Fsp3) is 0.0833. The number of rotatable bonds is 2. The van der Waals surface area contributed by atoms with Gasteiger partial charge in [0.15, 0.2) is 0 Å². The predicted molar refractivity (Wildman–Crippen MR) is 61.5 cm³/mol. The van der Waals surface area contributed by atoms with Gasteiger partial charge in [0, 0.05) is 0 Å². The zero-order valence-electron chi connectivity index (χ0n) is 9.42. The van der Waals surface area contributed by atoms with Crippen LogP contribution in [0, 0.1) is 12.7 Å². The van der Waals surface area contributed by atoms with Crippen LogP contribution in [0.1, 0.15) is 16.1 Å². The number of benzene rings is 1. The molecule has 0 saturated carbocycles. The highest BCUT2D eigenvalue weighted by atomic mass is 19.1. The lowest BCUT2D eigenvalue weighted by Gasteiger charge is -2.08. The van der Waals surface area contributed by atoms with Crippen LogP contribution in [0.3, 0.4) is 0 Å². The topological polar surface area (TPSA) is 72.2 Å². The molecule has 1 heterocycles. The van der Waals surface area contributed by atoms with E-state index in [1.54, 1.807) is 6.07 Å². The van der Waals surface area contributed by atoms with Gasteiger partial charge in [-0.15, -0.1) is 0 Å². The molecule has 5 nitrogen and oxygen atoms in total. The predicted octanol–water partition coefficient (Wildman–Crippen LogP) is 1.38. The SMILES string of the molecule is Cc1ncn(-c2ccccc2F)c(=O)c1C(=O)O. The number of aryl methyl sites for hydroxylation is 1. The van der Waals surface area contributed by atoms with Gasteiger partial charge < -0.3 is 5.11 Å². The fourth-order valence-electron chi connectivity index (χ4n) is 1.60. The number of carboxylic acids is 1. The molecule has 0 spiro atoms. The average Bonchev–Trinajstić information content (AvgIpc) is 2.30. The molecule has 0 amide bonds. The second kappa shape index (κ2) is 4.40. The van der Waals surface area contributed by atoms with Crippen molar-refractivity contribution in [1.82, 2.24) is 9.55 Å². The first kappa shape index (κ1) is 12.0. The van der Waals surface area contributed by atoms with E-state index in [1.165, 1.54) is 25.1 Å². The molecular formula is C12H9FN2O3. The largest absolute Gasteiger partial charge is 0.477 e. The van der Waals surface area contributed by atoms with E-state index in [-0.39, 0.29) is 11.4 Å². The van der Waals surface area contributed by atoms with Crippen LogP contribution in [0.2, 0.25) is 0 Å². The molecule has 0 fully saturated rings. The third-order valence-corrected chi connectivity index (χ3v) is 2.49. The summed E-state index contributed by atoms with van der Waals surface area (Å²) in [6.45, 7) is 1.41. The summed E-state index contributed by atoms with van der Waals surface area (Å²) >= 11 is 0. The van der Waals surface area contributed by atoms with E-state index < -0.39 is 22.9 Å². The molecule has 6 heteroatoms. The van der Waals surface area contributed by atoms with E-state index in [9.17, 15) is 14.0 Å². The summed E-state index contributed by atoms with van der Waals surface area (Å²) in [6, 6.07) is 5.58. The number of aromatic carboxylic acids is 1. The molecule has 0 aliphatic carbocycles. The number of carbonyl (C=O) groups is 1. The van der Waals surface area contributed by atoms with Gasteiger partial charge in [-0.2, -0.15) is 0 Å². The first-order chi connectivity index (χ1) is 8.52. The maximum atomic E-state index is 13.6. The Labute approximate surface area is 101 Å². The number of carboxylic acid groups (broad SMARTS) is 1. The number of halogens is 1. The van der Waals surface area contributed by atoms with Gasteiger partial charge in [0.2, 0.25) is 0 Å². The van der Waals surface area contributed by atoms with Crippen LogP contribution >= 0.6 is 0 Å². The van der Waals surface area contributed by atoms with Gasteiger partial charge in [-0.3, -0.25) is 9.36 Å². The minimum absolute atomic E-state index is 0.0301. The highest BCUT2D eigenvalue weighted by Crippen LogP contribution is 2.10. The first-order valence-corrected chi connectivity index (χ1v) is 5.09. The molecule has 0 unspecified atom stereocenters. The Hall–Kier alpha value is -2.50. The van der Waals surface area contributed by atoms with E-state index in [1.807, 2.05) is 0 Å². The van der Waals surface area contributed by atoms with Crippen molar-refractivity contribution in [2.24, 2.45) is 0 Å². The van der Waals surface area contributed by atoms with Gasteiger partial charge in [-0.05, 0) is 19.1 Å². The lowest BCUT2D eigenvalue weighted by Crippen LogP contribution is -2.27. The Kier molecular flexibility index (Phi) is 2.93. The third-order valence-electron chi connectivity index (χ3n) is 2.49. The maximum absolute atomic E-state index is 13.6. The van der Waals surface area contributed by atoms with Gasteiger partial charge in [0.05, 0.1) is 11.4 Å². The van der Waals surface area contributed by atoms with Crippen molar-refractivity contribution in [3.05, 3.63) is 58.0 Å². The van der Waals surface area contributed by atoms with E-state index in [2.05, 4.69) is 4.98 Å². The van der Waals surface area contributed by atoms with Crippen LogP contribution in [0.25, 0.3) is 5.69 Å². The van der Waals surface area contributed by atoms with Crippen LogP contribution in [0.15, 0.2) is 35.4 Å². The third kappa shape index (κ3) is 1.88. The fourth-order valence-corrected chi connectivity index (χ4v) is 1.60. The van der Waals surface area contributed by atoms with E-state index >= 15 is 0 Å². The molecule has 0 saturated heterocycles. The molecule has 0 radical (unpaired) electrons. The Bertz CT molecular complexity index is 679. The molecule has 2 aromatic rings. The summed E-state index contributed by atoms with van der Waals surface area (Å²) < 4.78 is 14.4. The van der Waals surface area contributed by atoms with Crippen molar-refractivity contribution in [2.45, 2.75) is 6.92 Å². The Morgan fingerprint density at radius 1 is 1.39 bits per heavy atom. The average molecular weight is 248 g/mol. The van der Waals surface area contributed by atoms with Crippen molar-refractivity contribution in [1.29, 1.82) is 0 Å². The summed E-state index contributed by atoms with van der Waals surface area (Å²) in [4.78, 5) is 26.7. The van der Waals surface area contributed by atoms with Crippen molar-refractivity contribution in [3.63, 3.8) is 0 Å². The van der Waals surface area contributed by atoms with Crippen molar-refractivity contribution in [2.75, 3.05) is 0 Å². The zero-order valence-corrected chi connectivity index (χ0v) is 9.42. The summed E-state index contributed by atoms with van der Waals surface area (Å²) in [6.07, 6.45) is 1.11. The summed E-state index contributed by atoms with van der Waals surface area (Å²) in [5.41, 5.74) is -1.20. The Morgan fingerprint density at radius 2 is 2.06 bits per heavy atom. The molecule has 2 rings (SSSR count). The van der Waals surface area contributed by atoms with E-state index in [0.29, 0.717) is 0 Å². The van der Waals surface area contributed by atoms with Crippen molar-refractivity contribution in [3.8, 4) is 5.69 Å². The molecule has 0 aliphatic heterocycles. The summed E-state index contributed by atoms with van der Waals surface area (Å²) in [5.74, 6) is -2.00.